The molecule has 1 aromatic carbocycles. The number of hydrogen-bond donors (Lipinski definition) is 0. The minimum atomic E-state index is -0.734. The second kappa shape index (κ2) is 7.63. The first kappa shape index (κ1) is 16.2. The van der Waals surface area contributed by atoms with Crippen LogP contribution in [0.4, 0.5) is 4.39 Å². The normalized spacial score (nSPS) is 11.4. The standard InChI is InChI=1S/C14H22BFO3/c1-10(2)18-15(19-11(3)4)17-9-13-8-14(16)7-6-12(13)5/h6-8,10-11H,9H2,1-5H3. The summed E-state index contributed by atoms with van der Waals surface area (Å²) in [6, 6.07) is 4.64. The van der Waals surface area contributed by atoms with E-state index in [-0.39, 0.29) is 24.6 Å². The van der Waals surface area contributed by atoms with Crippen LogP contribution in [0.5, 0.6) is 0 Å². The van der Waals surface area contributed by atoms with Crippen molar-refractivity contribution in [2.75, 3.05) is 0 Å². The van der Waals surface area contributed by atoms with Gasteiger partial charge in [0, 0.05) is 12.2 Å². The molecular weight excluding hydrogens is 246 g/mol. The van der Waals surface area contributed by atoms with E-state index in [0.717, 1.165) is 11.1 Å². The Morgan fingerprint density at radius 3 is 2.21 bits per heavy atom. The van der Waals surface area contributed by atoms with Gasteiger partial charge in [-0.05, 0) is 57.9 Å². The van der Waals surface area contributed by atoms with Crippen LogP contribution in [-0.4, -0.2) is 19.5 Å². The summed E-state index contributed by atoms with van der Waals surface area (Å²) in [5.74, 6) is -0.268. The predicted octanol–water partition coefficient (Wildman–Crippen LogP) is 3.49. The van der Waals surface area contributed by atoms with E-state index in [1.54, 1.807) is 6.07 Å². The van der Waals surface area contributed by atoms with Crippen molar-refractivity contribution >= 4 is 7.32 Å². The average Bonchev–Trinajstić information content (AvgIpc) is 2.28. The van der Waals surface area contributed by atoms with Crippen LogP contribution in [0, 0.1) is 12.7 Å². The molecule has 0 aliphatic carbocycles. The molecule has 0 saturated carbocycles. The molecule has 0 fully saturated rings. The monoisotopic (exact) mass is 268 g/mol. The van der Waals surface area contributed by atoms with Crippen LogP contribution >= 0.6 is 0 Å². The minimum Gasteiger partial charge on any atom is -0.384 e. The van der Waals surface area contributed by atoms with Gasteiger partial charge in [-0.25, -0.2) is 4.39 Å². The van der Waals surface area contributed by atoms with Crippen LogP contribution in [0.2, 0.25) is 0 Å². The van der Waals surface area contributed by atoms with Gasteiger partial charge < -0.3 is 14.0 Å². The highest BCUT2D eigenvalue weighted by atomic mass is 19.1. The topological polar surface area (TPSA) is 27.7 Å². The molecule has 0 saturated heterocycles. The Morgan fingerprint density at radius 1 is 1.11 bits per heavy atom. The van der Waals surface area contributed by atoms with Gasteiger partial charge in [-0.1, -0.05) is 6.07 Å². The molecule has 3 nitrogen and oxygen atoms in total. The molecule has 5 heteroatoms. The van der Waals surface area contributed by atoms with Gasteiger partial charge in [0.2, 0.25) is 0 Å². The van der Waals surface area contributed by atoms with Crippen LogP contribution in [0.1, 0.15) is 38.8 Å². The van der Waals surface area contributed by atoms with Gasteiger partial charge >= 0.3 is 7.32 Å². The third-order valence-electron chi connectivity index (χ3n) is 2.45. The average molecular weight is 268 g/mol. The Balaban J connectivity index is 2.61. The molecule has 0 aliphatic heterocycles. The molecule has 106 valence electrons. The highest BCUT2D eigenvalue weighted by Crippen LogP contribution is 2.13. The fourth-order valence-electron chi connectivity index (χ4n) is 1.51. The smallest absolute Gasteiger partial charge is 0.384 e. The van der Waals surface area contributed by atoms with Crippen LogP contribution in [-0.2, 0) is 20.6 Å². The zero-order valence-corrected chi connectivity index (χ0v) is 12.3. The van der Waals surface area contributed by atoms with E-state index in [0.29, 0.717) is 0 Å². The Labute approximate surface area is 115 Å². The van der Waals surface area contributed by atoms with Crippen LogP contribution < -0.4 is 0 Å². The first-order chi connectivity index (χ1) is 8.88. The number of hydrogen-bond acceptors (Lipinski definition) is 3. The molecule has 1 aromatic rings. The SMILES string of the molecule is Cc1ccc(F)cc1COB(OC(C)C)OC(C)C. The maximum Gasteiger partial charge on any atom is 0.640 e. The summed E-state index contributed by atoms with van der Waals surface area (Å²) < 4.78 is 29.8. The molecule has 0 spiro atoms. The van der Waals surface area contributed by atoms with Crippen LogP contribution in [0.3, 0.4) is 0 Å². The van der Waals surface area contributed by atoms with Gasteiger partial charge in [-0.3, -0.25) is 0 Å². The summed E-state index contributed by atoms with van der Waals surface area (Å²) in [5.41, 5.74) is 1.78. The fourth-order valence-corrected chi connectivity index (χ4v) is 1.51. The van der Waals surface area contributed by atoms with Crippen LogP contribution in [0.15, 0.2) is 18.2 Å². The maximum absolute atomic E-state index is 13.2. The number of aryl methyl sites for hydroxylation is 1. The molecule has 1 rings (SSSR count). The van der Waals surface area contributed by atoms with Crippen molar-refractivity contribution in [3.05, 3.63) is 35.1 Å². The van der Waals surface area contributed by atoms with E-state index in [9.17, 15) is 4.39 Å². The summed E-state index contributed by atoms with van der Waals surface area (Å²) in [6.07, 6.45) is -0.00490. The molecule has 0 aromatic heterocycles. The van der Waals surface area contributed by atoms with Gasteiger partial charge in [0.1, 0.15) is 5.82 Å². The van der Waals surface area contributed by atoms with Crippen molar-refractivity contribution in [2.45, 2.75) is 53.4 Å². The summed E-state index contributed by atoms with van der Waals surface area (Å²) in [6.45, 7) is 9.81. The Hall–Kier alpha value is -0.905. The van der Waals surface area contributed by atoms with Gasteiger partial charge in [0.25, 0.3) is 0 Å². The minimum absolute atomic E-state index is 0.00245. The summed E-state index contributed by atoms with van der Waals surface area (Å²) in [5, 5.41) is 0. The number of benzene rings is 1. The highest BCUT2D eigenvalue weighted by molar-refractivity contribution is 6.36. The highest BCUT2D eigenvalue weighted by Gasteiger charge is 2.24. The van der Waals surface area contributed by atoms with Gasteiger partial charge in [0.15, 0.2) is 0 Å². The van der Waals surface area contributed by atoms with Crippen molar-refractivity contribution in [1.82, 2.24) is 0 Å². The van der Waals surface area contributed by atoms with E-state index in [1.807, 2.05) is 34.6 Å². The lowest BCUT2D eigenvalue weighted by molar-refractivity contribution is 0.0459. The van der Waals surface area contributed by atoms with Gasteiger partial charge in [-0.15, -0.1) is 0 Å². The van der Waals surface area contributed by atoms with Gasteiger partial charge in [0.05, 0.1) is 6.61 Å². The largest absolute Gasteiger partial charge is 0.640 e. The molecular formula is C14H22BFO3. The first-order valence-electron chi connectivity index (χ1n) is 6.56. The van der Waals surface area contributed by atoms with E-state index in [1.165, 1.54) is 12.1 Å². The number of rotatable bonds is 7. The van der Waals surface area contributed by atoms with Crippen molar-refractivity contribution in [3.8, 4) is 0 Å². The summed E-state index contributed by atoms with van der Waals surface area (Å²) in [4.78, 5) is 0. The molecule has 0 bridgehead atoms. The first-order valence-corrected chi connectivity index (χ1v) is 6.56. The fraction of sp³-hybridized carbons (Fsp3) is 0.571. The summed E-state index contributed by atoms with van der Waals surface area (Å²) >= 11 is 0. The van der Waals surface area contributed by atoms with E-state index >= 15 is 0 Å². The molecule has 0 heterocycles. The molecule has 0 aliphatic rings. The Bertz CT molecular complexity index is 386. The van der Waals surface area contributed by atoms with Gasteiger partial charge in [-0.2, -0.15) is 0 Å². The van der Waals surface area contributed by atoms with E-state index < -0.39 is 7.32 Å². The van der Waals surface area contributed by atoms with Crippen molar-refractivity contribution in [2.24, 2.45) is 0 Å². The van der Waals surface area contributed by atoms with Crippen molar-refractivity contribution in [1.29, 1.82) is 0 Å². The second-order valence-corrected chi connectivity index (χ2v) is 5.04. The van der Waals surface area contributed by atoms with Crippen LogP contribution in [0.25, 0.3) is 0 Å². The summed E-state index contributed by atoms with van der Waals surface area (Å²) in [7, 11) is -0.734. The Morgan fingerprint density at radius 2 is 1.68 bits per heavy atom. The van der Waals surface area contributed by atoms with E-state index in [2.05, 4.69) is 0 Å². The molecule has 19 heavy (non-hydrogen) atoms. The lowest BCUT2D eigenvalue weighted by atomic mass is 10.1. The van der Waals surface area contributed by atoms with Crippen molar-refractivity contribution in [3.63, 3.8) is 0 Å². The lowest BCUT2D eigenvalue weighted by Gasteiger charge is -2.19. The second-order valence-electron chi connectivity index (χ2n) is 5.04. The van der Waals surface area contributed by atoms with E-state index in [4.69, 9.17) is 14.0 Å². The molecule has 0 N–H and O–H groups in total. The Kier molecular flexibility index (Phi) is 6.48. The zero-order valence-electron chi connectivity index (χ0n) is 12.3. The number of halogens is 1. The molecule has 0 amide bonds. The lowest BCUT2D eigenvalue weighted by Crippen LogP contribution is -2.32. The zero-order chi connectivity index (χ0) is 14.4. The predicted molar refractivity (Wildman–Crippen MR) is 74.1 cm³/mol. The molecule has 0 atom stereocenters. The third kappa shape index (κ3) is 6.19. The van der Waals surface area contributed by atoms with Crippen molar-refractivity contribution < 1.29 is 18.4 Å². The third-order valence-corrected chi connectivity index (χ3v) is 2.45. The maximum atomic E-state index is 13.2. The quantitative estimate of drug-likeness (QED) is 0.708. The molecule has 0 radical (unpaired) electrons. The molecule has 0 unspecified atom stereocenters.